The number of hydrogen-bond donors (Lipinski definition) is 1. The van der Waals surface area contributed by atoms with E-state index >= 15 is 0 Å². The van der Waals surface area contributed by atoms with Crippen LogP contribution in [0.15, 0.2) is 22.4 Å². The number of aryl methyl sites for hydroxylation is 1. The molecule has 0 aliphatic heterocycles. The van der Waals surface area contributed by atoms with E-state index in [2.05, 4.69) is 29.2 Å². The zero-order chi connectivity index (χ0) is 13.8. The van der Waals surface area contributed by atoms with Gasteiger partial charge >= 0.3 is 0 Å². The van der Waals surface area contributed by atoms with Gasteiger partial charge in [0, 0.05) is 23.7 Å². The first-order valence-corrected chi connectivity index (χ1v) is 7.14. The van der Waals surface area contributed by atoms with E-state index in [1.165, 1.54) is 4.68 Å². The van der Waals surface area contributed by atoms with Gasteiger partial charge in [0.15, 0.2) is 0 Å². The van der Waals surface area contributed by atoms with E-state index in [0.717, 1.165) is 22.9 Å². The average Bonchev–Trinajstić information content (AvgIpc) is 2.75. The molecule has 19 heavy (non-hydrogen) atoms. The lowest BCUT2D eigenvalue weighted by atomic mass is 10.2. The molecule has 0 saturated heterocycles. The highest BCUT2D eigenvalue weighted by Gasteiger charge is 2.04. The van der Waals surface area contributed by atoms with Crippen LogP contribution in [-0.2, 0) is 6.54 Å². The first-order chi connectivity index (χ1) is 9.04. The summed E-state index contributed by atoms with van der Waals surface area (Å²) < 4.78 is 1.43. The van der Waals surface area contributed by atoms with Crippen molar-refractivity contribution in [3.05, 3.63) is 38.7 Å². The van der Waals surface area contributed by atoms with Gasteiger partial charge in [-0.1, -0.05) is 13.8 Å². The molecule has 0 saturated carbocycles. The summed E-state index contributed by atoms with van der Waals surface area (Å²) in [5, 5.41) is 10.2. The maximum atomic E-state index is 11.9. The molecular formula is C13H18N4OS. The second-order valence-electron chi connectivity index (χ2n) is 4.90. The molecule has 1 N–H and O–H groups in total. The van der Waals surface area contributed by atoms with Crippen molar-refractivity contribution in [3.63, 3.8) is 0 Å². The van der Waals surface area contributed by atoms with Crippen molar-refractivity contribution in [2.75, 3.05) is 11.9 Å². The summed E-state index contributed by atoms with van der Waals surface area (Å²) >= 11 is 1.54. The number of thiazole rings is 1. The quantitative estimate of drug-likeness (QED) is 0.910. The van der Waals surface area contributed by atoms with Crippen LogP contribution in [-0.4, -0.2) is 21.3 Å². The zero-order valence-electron chi connectivity index (χ0n) is 11.4. The van der Waals surface area contributed by atoms with Crippen LogP contribution < -0.4 is 10.9 Å². The van der Waals surface area contributed by atoms with Gasteiger partial charge in [-0.2, -0.15) is 5.10 Å². The number of hydrogen-bond acceptors (Lipinski definition) is 5. The predicted molar refractivity (Wildman–Crippen MR) is 77.8 cm³/mol. The number of nitrogens with zero attached hydrogens (tertiary/aromatic N) is 3. The fourth-order valence-corrected chi connectivity index (χ4v) is 2.33. The second-order valence-corrected chi connectivity index (χ2v) is 5.84. The SMILES string of the molecule is Cc1csc(Cn2ncc(NCC(C)C)cc2=O)n1. The standard InChI is InChI=1S/C13H18N4OS/c1-9(2)5-14-11-4-13(18)17(15-6-11)7-12-16-10(3)8-19-12/h4,6,8-9,14H,5,7H2,1-3H3. The first kappa shape index (κ1) is 13.7. The highest BCUT2D eigenvalue weighted by molar-refractivity contribution is 7.09. The summed E-state index contributed by atoms with van der Waals surface area (Å²) in [6, 6.07) is 1.58. The summed E-state index contributed by atoms with van der Waals surface area (Å²) in [6.45, 7) is 7.44. The van der Waals surface area contributed by atoms with Gasteiger partial charge in [-0.25, -0.2) is 9.67 Å². The van der Waals surface area contributed by atoms with Crippen LogP contribution in [0.4, 0.5) is 5.69 Å². The van der Waals surface area contributed by atoms with Crippen LogP contribution in [0.5, 0.6) is 0 Å². The lowest BCUT2D eigenvalue weighted by Crippen LogP contribution is -2.23. The minimum absolute atomic E-state index is 0.110. The minimum atomic E-state index is -0.110. The molecule has 2 aromatic heterocycles. The normalized spacial score (nSPS) is 10.9. The van der Waals surface area contributed by atoms with Gasteiger partial charge < -0.3 is 5.32 Å². The van der Waals surface area contributed by atoms with Crippen LogP contribution in [0, 0.1) is 12.8 Å². The molecule has 0 aliphatic rings. The molecule has 5 nitrogen and oxygen atoms in total. The largest absolute Gasteiger partial charge is 0.383 e. The van der Waals surface area contributed by atoms with Crippen LogP contribution in [0.25, 0.3) is 0 Å². The maximum absolute atomic E-state index is 11.9. The van der Waals surface area contributed by atoms with Crippen molar-refractivity contribution >= 4 is 17.0 Å². The van der Waals surface area contributed by atoms with Crippen LogP contribution >= 0.6 is 11.3 Å². The minimum Gasteiger partial charge on any atom is -0.383 e. The third-order valence-corrected chi connectivity index (χ3v) is 3.49. The van der Waals surface area contributed by atoms with Gasteiger partial charge in [-0.15, -0.1) is 11.3 Å². The number of anilines is 1. The van der Waals surface area contributed by atoms with Crippen molar-refractivity contribution in [1.82, 2.24) is 14.8 Å². The van der Waals surface area contributed by atoms with Crippen LogP contribution in [0.3, 0.4) is 0 Å². The summed E-state index contributed by atoms with van der Waals surface area (Å²) in [5.41, 5.74) is 1.63. The molecular weight excluding hydrogens is 260 g/mol. The second kappa shape index (κ2) is 5.97. The molecule has 2 heterocycles. The van der Waals surface area contributed by atoms with E-state index in [9.17, 15) is 4.79 Å². The van der Waals surface area contributed by atoms with Gasteiger partial charge in [0.05, 0.1) is 18.4 Å². The highest BCUT2D eigenvalue weighted by atomic mass is 32.1. The summed E-state index contributed by atoms with van der Waals surface area (Å²) in [5.74, 6) is 0.528. The van der Waals surface area contributed by atoms with Crippen LogP contribution in [0.2, 0.25) is 0 Å². The lowest BCUT2D eigenvalue weighted by molar-refractivity contribution is 0.634. The van der Waals surface area contributed by atoms with Crippen molar-refractivity contribution in [2.45, 2.75) is 27.3 Å². The van der Waals surface area contributed by atoms with Crippen molar-refractivity contribution in [2.24, 2.45) is 5.92 Å². The number of nitrogens with one attached hydrogen (secondary N) is 1. The Labute approximate surface area is 116 Å². The molecule has 0 aromatic carbocycles. The van der Waals surface area contributed by atoms with E-state index in [1.807, 2.05) is 12.3 Å². The summed E-state index contributed by atoms with van der Waals surface area (Å²) in [6.07, 6.45) is 1.68. The van der Waals surface area contributed by atoms with Gasteiger partial charge in [0.25, 0.3) is 5.56 Å². The molecule has 0 radical (unpaired) electrons. The molecule has 0 spiro atoms. The van der Waals surface area contributed by atoms with Gasteiger partial charge in [-0.05, 0) is 12.8 Å². The predicted octanol–water partition coefficient (Wildman–Crippen LogP) is 2.12. The van der Waals surface area contributed by atoms with Crippen molar-refractivity contribution in [3.8, 4) is 0 Å². The molecule has 0 amide bonds. The Morgan fingerprint density at radius 1 is 1.47 bits per heavy atom. The number of aromatic nitrogens is 3. The fraction of sp³-hybridized carbons (Fsp3) is 0.462. The Hall–Kier alpha value is -1.69. The molecule has 102 valence electrons. The monoisotopic (exact) mass is 278 g/mol. The highest BCUT2D eigenvalue weighted by Crippen LogP contribution is 2.09. The van der Waals surface area contributed by atoms with E-state index < -0.39 is 0 Å². The smallest absolute Gasteiger partial charge is 0.269 e. The average molecular weight is 278 g/mol. The molecule has 6 heteroatoms. The zero-order valence-corrected chi connectivity index (χ0v) is 12.2. The van der Waals surface area contributed by atoms with E-state index in [0.29, 0.717) is 12.5 Å². The Balaban J connectivity index is 2.09. The molecule has 0 unspecified atom stereocenters. The van der Waals surface area contributed by atoms with Crippen LogP contribution in [0.1, 0.15) is 24.5 Å². The Bertz CT molecular complexity index is 603. The molecule has 0 fully saturated rings. The molecule has 0 atom stereocenters. The molecule has 2 aromatic rings. The van der Waals surface area contributed by atoms with Gasteiger partial charge in [0.2, 0.25) is 0 Å². The molecule has 0 aliphatic carbocycles. The van der Waals surface area contributed by atoms with E-state index in [1.54, 1.807) is 23.6 Å². The lowest BCUT2D eigenvalue weighted by Gasteiger charge is -2.09. The van der Waals surface area contributed by atoms with E-state index in [-0.39, 0.29) is 5.56 Å². The number of rotatable bonds is 5. The van der Waals surface area contributed by atoms with Crippen molar-refractivity contribution in [1.29, 1.82) is 0 Å². The van der Waals surface area contributed by atoms with Gasteiger partial charge in [0.1, 0.15) is 5.01 Å². The van der Waals surface area contributed by atoms with Crippen molar-refractivity contribution < 1.29 is 0 Å². The topological polar surface area (TPSA) is 59.8 Å². The Morgan fingerprint density at radius 2 is 2.26 bits per heavy atom. The maximum Gasteiger partial charge on any atom is 0.269 e. The summed E-state index contributed by atoms with van der Waals surface area (Å²) in [7, 11) is 0. The molecule has 0 bridgehead atoms. The Kier molecular flexibility index (Phi) is 4.31. The Morgan fingerprint density at radius 3 is 2.84 bits per heavy atom. The fourth-order valence-electron chi connectivity index (χ4n) is 1.57. The van der Waals surface area contributed by atoms with Gasteiger partial charge in [-0.3, -0.25) is 4.79 Å². The van der Waals surface area contributed by atoms with E-state index in [4.69, 9.17) is 0 Å². The first-order valence-electron chi connectivity index (χ1n) is 6.26. The summed E-state index contributed by atoms with van der Waals surface area (Å²) in [4.78, 5) is 16.3. The third-order valence-electron chi connectivity index (χ3n) is 2.54. The molecule has 2 rings (SSSR count). The third kappa shape index (κ3) is 3.89.